The largest absolute Gasteiger partial charge is 0.310 e. The Balaban J connectivity index is 1.80. The van der Waals surface area contributed by atoms with E-state index in [0.29, 0.717) is 6.04 Å². The molecule has 0 spiro atoms. The summed E-state index contributed by atoms with van der Waals surface area (Å²) in [7, 11) is 0. The van der Waals surface area contributed by atoms with E-state index < -0.39 is 0 Å². The standard InChI is InChI=1S/C15H15ClN2S/c16-14-2-1-3-15(13(14)10-18-11-4-5-11)19-12-6-8-17-9-7-12/h1-3,6-9,11,18H,4-5,10H2. The first-order chi connectivity index (χ1) is 9.33. The predicted molar refractivity (Wildman–Crippen MR) is 79.7 cm³/mol. The van der Waals surface area contributed by atoms with E-state index in [4.69, 9.17) is 11.6 Å². The van der Waals surface area contributed by atoms with Crippen molar-refractivity contribution in [1.29, 1.82) is 0 Å². The maximum absolute atomic E-state index is 6.33. The van der Waals surface area contributed by atoms with Crippen molar-refractivity contribution in [1.82, 2.24) is 10.3 Å². The van der Waals surface area contributed by atoms with E-state index in [0.717, 1.165) is 11.6 Å². The van der Waals surface area contributed by atoms with Crippen LogP contribution < -0.4 is 5.32 Å². The van der Waals surface area contributed by atoms with Crippen LogP contribution >= 0.6 is 23.4 Å². The van der Waals surface area contributed by atoms with Gasteiger partial charge in [0, 0.05) is 39.8 Å². The first-order valence-electron chi connectivity index (χ1n) is 6.41. The minimum absolute atomic E-state index is 0.690. The molecule has 0 saturated heterocycles. The topological polar surface area (TPSA) is 24.9 Å². The van der Waals surface area contributed by atoms with Crippen molar-refractivity contribution >= 4 is 23.4 Å². The van der Waals surface area contributed by atoms with E-state index >= 15 is 0 Å². The second-order valence-corrected chi connectivity index (χ2v) is 6.18. The Hall–Kier alpha value is -1.03. The number of halogens is 1. The summed E-state index contributed by atoms with van der Waals surface area (Å²) in [6, 6.07) is 10.8. The molecule has 0 unspecified atom stereocenters. The molecule has 3 rings (SSSR count). The van der Waals surface area contributed by atoms with Crippen molar-refractivity contribution in [2.75, 3.05) is 0 Å². The highest BCUT2D eigenvalue weighted by atomic mass is 35.5. The molecule has 2 nitrogen and oxygen atoms in total. The molecule has 98 valence electrons. The van der Waals surface area contributed by atoms with Crippen LogP contribution in [0.5, 0.6) is 0 Å². The Labute approximate surface area is 122 Å². The van der Waals surface area contributed by atoms with Crippen LogP contribution in [0.25, 0.3) is 0 Å². The summed E-state index contributed by atoms with van der Waals surface area (Å²) in [5, 5.41) is 4.37. The van der Waals surface area contributed by atoms with Crippen molar-refractivity contribution in [2.45, 2.75) is 35.2 Å². The van der Waals surface area contributed by atoms with Crippen molar-refractivity contribution < 1.29 is 0 Å². The maximum atomic E-state index is 6.33. The predicted octanol–water partition coefficient (Wildman–Crippen LogP) is 4.14. The molecule has 1 aromatic carbocycles. The van der Waals surface area contributed by atoms with Gasteiger partial charge in [-0.2, -0.15) is 0 Å². The van der Waals surface area contributed by atoms with Gasteiger partial charge in [0.1, 0.15) is 0 Å². The fraction of sp³-hybridized carbons (Fsp3) is 0.267. The Morgan fingerprint density at radius 1 is 1.21 bits per heavy atom. The van der Waals surface area contributed by atoms with Crippen LogP contribution in [-0.4, -0.2) is 11.0 Å². The van der Waals surface area contributed by atoms with Crippen LogP contribution in [0.15, 0.2) is 52.5 Å². The number of nitrogens with one attached hydrogen (secondary N) is 1. The van der Waals surface area contributed by atoms with E-state index in [1.54, 1.807) is 11.8 Å². The number of rotatable bonds is 5. The molecular weight excluding hydrogens is 276 g/mol. The van der Waals surface area contributed by atoms with E-state index in [2.05, 4.69) is 16.4 Å². The van der Waals surface area contributed by atoms with E-state index in [1.807, 2.05) is 36.7 Å². The van der Waals surface area contributed by atoms with Crippen molar-refractivity contribution in [3.8, 4) is 0 Å². The van der Waals surface area contributed by atoms with E-state index in [9.17, 15) is 0 Å². The van der Waals surface area contributed by atoms with Gasteiger partial charge in [-0.15, -0.1) is 0 Å². The lowest BCUT2D eigenvalue weighted by atomic mass is 10.2. The minimum Gasteiger partial charge on any atom is -0.310 e. The first kappa shape index (κ1) is 13.0. The van der Waals surface area contributed by atoms with Crippen LogP contribution in [0.1, 0.15) is 18.4 Å². The average Bonchev–Trinajstić information content (AvgIpc) is 3.23. The van der Waals surface area contributed by atoms with Gasteiger partial charge in [0.15, 0.2) is 0 Å². The third-order valence-corrected chi connectivity index (χ3v) is 4.56. The molecule has 1 aliphatic rings. The van der Waals surface area contributed by atoms with Gasteiger partial charge in [-0.25, -0.2) is 0 Å². The molecule has 1 heterocycles. The van der Waals surface area contributed by atoms with Crippen LogP contribution in [-0.2, 0) is 6.54 Å². The van der Waals surface area contributed by atoms with Gasteiger partial charge in [-0.3, -0.25) is 4.98 Å². The van der Waals surface area contributed by atoms with Gasteiger partial charge >= 0.3 is 0 Å². The van der Waals surface area contributed by atoms with Crippen LogP contribution in [0, 0.1) is 0 Å². The van der Waals surface area contributed by atoms with Crippen molar-refractivity contribution in [2.24, 2.45) is 0 Å². The van der Waals surface area contributed by atoms with Crippen molar-refractivity contribution in [3.05, 3.63) is 53.3 Å². The SMILES string of the molecule is Clc1cccc(Sc2ccncc2)c1CNC1CC1. The van der Waals surface area contributed by atoms with Gasteiger partial charge in [-0.1, -0.05) is 29.4 Å². The van der Waals surface area contributed by atoms with Gasteiger partial charge in [0.2, 0.25) is 0 Å². The zero-order valence-corrected chi connectivity index (χ0v) is 12.0. The number of aromatic nitrogens is 1. The fourth-order valence-electron chi connectivity index (χ4n) is 1.87. The Bertz CT molecular complexity index is 555. The highest BCUT2D eigenvalue weighted by Gasteiger charge is 2.21. The molecule has 19 heavy (non-hydrogen) atoms. The van der Waals surface area contributed by atoms with E-state index in [-0.39, 0.29) is 0 Å². The molecule has 0 atom stereocenters. The molecule has 1 saturated carbocycles. The molecule has 1 fully saturated rings. The number of nitrogens with zero attached hydrogens (tertiary/aromatic N) is 1. The Morgan fingerprint density at radius 2 is 2.00 bits per heavy atom. The van der Waals surface area contributed by atoms with Crippen LogP contribution in [0.2, 0.25) is 5.02 Å². The smallest absolute Gasteiger partial charge is 0.0462 e. The quantitative estimate of drug-likeness (QED) is 0.896. The van der Waals surface area contributed by atoms with Crippen LogP contribution in [0.3, 0.4) is 0 Å². The summed E-state index contributed by atoms with van der Waals surface area (Å²) in [5.41, 5.74) is 1.19. The first-order valence-corrected chi connectivity index (χ1v) is 7.61. The zero-order chi connectivity index (χ0) is 13.1. The highest BCUT2D eigenvalue weighted by molar-refractivity contribution is 7.99. The molecule has 0 amide bonds. The summed E-state index contributed by atoms with van der Waals surface area (Å²) >= 11 is 8.07. The lowest BCUT2D eigenvalue weighted by molar-refractivity contribution is 0.680. The van der Waals surface area contributed by atoms with Crippen LogP contribution in [0.4, 0.5) is 0 Å². The second-order valence-electron chi connectivity index (χ2n) is 4.66. The molecule has 4 heteroatoms. The molecule has 2 aromatic rings. The maximum Gasteiger partial charge on any atom is 0.0462 e. The van der Waals surface area contributed by atoms with Gasteiger partial charge in [0.25, 0.3) is 0 Å². The monoisotopic (exact) mass is 290 g/mol. The lowest BCUT2D eigenvalue weighted by Crippen LogP contribution is -2.16. The molecule has 1 aliphatic carbocycles. The number of benzene rings is 1. The molecule has 0 aliphatic heterocycles. The highest BCUT2D eigenvalue weighted by Crippen LogP contribution is 2.34. The fourth-order valence-corrected chi connectivity index (χ4v) is 3.13. The third kappa shape index (κ3) is 3.50. The average molecular weight is 291 g/mol. The van der Waals surface area contributed by atoms with E-state index in [1.165, 1.54) is 28.2 Å². The van der Waals surface area contributed by atoms with Gasteiger partial charge in [0.05, 0.1) is 0 Å². The minimum atomic E-state index is 0.690. The van der Waals surface area contributed by atoms with Crippen molar-refractivity contribution in [3.63, 3.8) is 0 Å². The zero-order valence-electron chi connectivity index (χ0n) is 10.5. The summed E-state index contributed by atoms with van der Waals surface area (Å²) in [6.45, 7) is 0.845. The Morgan fingerprint density at radius 3 is 2.74 bits per heavy atom. The summed E-state index contributed by atoms with van der Waals surface area (Å²) < 4.78 is 0. The normalized spacial score (nSPS) is 14.6. The Kier molecular flexibility index (Phi) is 4.06. The third-order valence-electron chi connectivity index (χ3n) is 3.10. The summed E-state index contributed by atoms with van der Waals surface area (Å²) in [4.78, 5) is 6.44. The summed E-state index contributed by atoms with van der Waals surface area (Å²) in [5.74, 6) is 0. The number of pyridine rings is 1. The molecule has 0 radical (unpaired) electrons. The summed E-state index contributed by atoms with van der Waals surface area (Å²) in [6.07, 6.45) is 6.21. The molecular formula is C15H15ClN2S. The lowest BCUT2D eigenvalue weighted by Gasteiger charge is -2.11. The number of hydrogen-bond acceptors (Lipinski definition) is 3. The number of hydrogen-bond donors (Lipinski definition) is 1. The second kappa shape index (κ2) is 5.95. The molecule has 1 N–H and O–H groups in total. The van der Waals surface area contributed by atoms with Gasteiger partial charge < -0.3 is 5.32 Å². The van der Waals surface area contributed by atoms with Gasteiger partial charge in [-0.05, 0) is 42.7 Å². The molecule has 0 bridgehead atoms. The molecule has 1 aromatic heterocycles.